The van der Waals surface area contributed by atoms with E-state index in [0.717, 1.165) is 11.8 Å². The van der Waals surface area contributed by atoms with Crippen LogP contribution in [-0.2, 0) is 0 Å². The highest BCUT2D eigenvalue weighted by Gasteiger charge is 1.93. The summed E-state index contributed by atoms with van der Waals surface area (Å²) in [6, 6.07) is 0. The highest BCUT2D eigenvalue weighted by atomic mass is 32.2. The summed E-state index contributed by atoms with van der Waals surface area (Å²) >= 11 is 1.10. The molecule has 3 nitrogen and oxygen atoms in total. The summed E-state index contributed by atoms with van der Waals surface area (Å²) < 4.78 is 0. The van der Waals surface area contributed by atoms with Crippen molar-refractivity contribution in [3.63, 3.8) is 0 Å². The van der Waals surface area contributed by atoms with Crippen LogP contribution in [-0.4, -0.2) is 16.6 Å². The van der Waals surface area contributed by atoms with Crippen LogP contribution >= 0.6 is 11.8 Å². The Balaban J connectivity index is 3.40. The van der Waals surface area contributed by atoms with Crippen molar-refractivity contribution in [1.29, 1.82) is 10.8 Å². The Morgan fingerprint density at radius 1 is 1.62 bits per heavy atom. The summed E-state index contributed by atoms with van der Waals surface area (Å²) in [5.41, 5.74) is 5.08. The second kappa shape index (κ2) is 3.63. The molecule has 0 aromatic carbocycles. The summed E-state index contributed by atoms with van der Waals surface area (Å²) in [6.07, 6.45) is 0. The molecular formula is C4H9N3S. The molecule has 46 valence electrons. The summed E-state index contributed by atoms with van der Waals surface area (Å²) in [4.78, 5) is 0. The van der Waals surface area contributed by atoms with Crippen molar-refractivity contribution in [2.45, 2.75) is 6.92 Å². The average Bonchev–Trinajstić information content (AvgIpc) is 1.65. The van der Waals surface area contributed by atoms with E-state index in [1.54, 1.807) is 6.92 Å². The van der Waals surface area contributed by atoms with Gasteiger partial charge in [0.05, 0.1) is 10.1 Å². The third kappa shape index (κ3) is 3.83. The highest BCUT2D eigenvalue weighted by molar-refractivity contribution is 8.26. The third-order valence-corrected chi connectivity index (χ3v) is 1.18. The van der Waals surface area contributed by atoms with Crippen LogP contribution in [0.2, 0.25) is 0 Å². The van der Waals surface area contributed by atoms with E-state index in [9.17, 15) is 0 Å². The SMILES string of the molecule is CC(=N)SC(=N)CN. The fourth-order valence-corrected chi connectivity index (χ4v) is 0.679. The first-order valence-corrected chi connectivity index (χ1v) is 2.99. The lowest BCUT2D eigenvalue weighted by Crippen LogP contribution is -2.09. The number of hydrogen-bond donors (Lipinski definition) is 3. The molecule has 0 aliphatic heterocycles. The molecule has 0 heterocycles. The van der Waals surface area contributed by atoms with E-state index < -0.39 is 0 Å². The van der Waals surface area contributed by atoms with Gasteiger partial charge in [0.25, 0.3) is 0 Å². The lowest BCUT2D eigenvalue weighted by molar-refractivity contribution is 1.30. The van der Waals surface area contributed by atoms with Gasteiger partial charge in [-0.1, -0.05) is 11.8 Å². The maximum Gasteiger partial charge on any atom is 0.0836 e. The Labute approximate surface area is 52.7 Å². The zero-order chi connectivity index (χ0) is 6.57. The van der Waals surface area contributed by atoms with Crippen LogP contribution in [0, 0.1) is 10.8 Å². The van der Waals surface area contributed by atoms with Crippen LogP contribution in [0.1, 0.15) is 6.92 Å². The second-order valence-electron chi connectivity index (χ2n) is 1.29. The van der Waals surface area contributed by atoms with Gasteiger partial charge in [0.15, 0.2) is 0 Å². The molecule has 0 fully saturated rings. The molecule has 0 aliphatic rings. The Hall–Kier alpha value is -0.350. The number of hydrogen-bond acceptors (Lipinski definition) is 4. The van der Waals surface area contributed by atoms with Crippen molar-refractivity contribution in [3.05, 3.63) is 0 Å². The summed E-state index contributed by atoms with van der Waals surface area (Å²) in [7, 11) is 0. The maximum atomic E-state index is 6.96. The number of nitrogens with one attached hydrogen (secondary N) is 2. The smallest absolute Gasteiger partial charge is 0.0836 e. The van der Waals surface area contributed by atoms with E-state index in [1.807, 2.05) is 0 Å². The van der Waals surface area contributed by atoms with Gasteiger partial charge in [0.1, 0.15) is 0 Å². The van der Waals surface area contributed by atoms with Gasteiger partial charge in [-0.15, -0.1) is 0 Å². The van der Waals surface area contributed by atoms with Gasteiger partial charge in [0, 0.05) is 6.54 Å². The Kier molecular flexibility index (Phi) is 3.47. The Morgan fingerprint density at radius 2 is 2.12 bits per heavy atom. The van der Waals surface area contributed by atoms with Gasteiger partial charge >= 0.3 is 0 Å². The van der Waals surface area contributed by atoms with Gasteiger partial charge in [-0.3, -0.25) is 10.8 Å². The van der Waals surface area contributed by atoms with E-state index in [2.05, 4.69) is 0 Å². The molecule has 0 saturated heterocycles. The minimum Gasteiger partial charge on any atom is -0.325 e. The van der Waals surface area contributed by atoms with Crippen LogP contribution in [0.4, 0.5) is 0 Å². The fraction of sp³-hybridized carbons (Fsp3) is 0.500. The monoisotopic (exact) mass is 131 g/mol. The van der Waals surface area contributed by atoms with Gasteiger partial charge < -0.3 is 5.73 Å². The fourth-order valence-electron chi connectivity index (χ4n) is 0.226. The molecule has 0 unspecified atom stereocenters. The summed E-state index contributed by atoms with van der Waals surface area (Å²) in [6.45, 7) is 1.87. The van der Waals surface area contributed by atoms with Gasteiger partial charge in [-0.2, -0.15) is 0 Å². The molecule has 4 heteroatoms. The zero-order valence-electron chi connectivity index (χ0n) is 4.69. The first-order valence-electron chi connectivity index (χ1n) is 2.17. The molecule has 0 radical (unpaired) electrons. The summed E-state index contributed by atoms with van der Waals surface area (Å²) in [5.74, 6) is 0. The molecule has 0 amide bonds. The molecule has 0 spiro atoms. The first kappa shape index (κ1) is 7.65. The minimum absolute atomic E-state index is 0.237. The van der Waals surface area contributed by atoms with Crippen molar-refractivity contribution in [3.8, 4) is 0 Å². The molecule has 0 aromatic rings. The zero-order valence-corrected chi connectivity index (χ0v) is 5.51. The van der Waals surface area contributed by atoms with Crippen molar-refractivity contribution < 1.29 is 0 Å². The van der Waals surface area contributed by atoms with E-state index in [4.69, 9.17) is 16.6 Å². The average molecular weight is 131 g/mol. The van der Waals surface area contributed by atoms with Crippen LogP contribution in [0.5, 0.6) is 0 Å². The summed E-state index contributed by atoms with van der Waals surface area (Å²) in [5, 5.41) is 14.6. The van der Waals surface area contributed by atoms with Gasteiger partial charge in [0.2, 0.25) is 0 Å². The number of nitrogens with two attached hydrogens (primary N) is 1. The molecule has 0 saturated carbocycles. The molecule has 0 bridgehead atoms. The van der Waals surface area contributed by atoms with E-state index in [1.165, 1.54) is 0 Å². The topological polar surface area (TPSA) is 73.7 Å². The van der Waals surface area contributed by atoms with Crippen LogP contribution in [0.25, 0.3) is 0 Å². The predicted molar refractivity (Wildman–Crippen MR) is 37.8 cm³/mol. The normalized spacial score (nSPS) is 8.75. The van der Waals surface area contributed by atoms with E-state index in [0.29, 0.717) is 10.1 Å². The molecule has 0 aromatic heterocycles. The molecule has 0 aliphatic carbocycles. The highest BCUT2D eigenvalue weighted by Crippen LogP contribution is 2.00. The Morgan fingerprint density at radius 3 is 2.25 bits per heavy atom. The lowest BCUT2D eigenvalue weighted by Gasteiger charge is -1.93. The van der Waals surface area contributed by atoms with Crippen LogP contribution in [0.3, 0.4) is 0 Å². The molecule has 8 heavy (non-hydrogen) atoms. The van der Waals surface area contributed by atoms with Crippen molar-refractivity contribution >= 4 is 21.8 Å². The number of thioether (sulfide) groups is 1. The largest absolute Gasteiger partial charge is 0.325 e. The van der Waals surface area contributed by atoms with Crippen LogP contribution < -0.4 is 5.73 Å². The quantitative estimate of drug-likeness (QED) is 0.361. The molecule has 0 atom stereocenters. The predicted octanol–water partition coefficient (Wildman–Crippen LogP) is 0.653. The van der Waals surface area contributed by atoms with Crippen molar-refractivity contribution in [2.75, 3.05) is 6.54 Å². The lowest BCUT2D eigenvalue weighted by atomic mass is 10.8. The molecule has 0 rings (SSSR count). The Bertz CT molecular complexity index is 110. The molecule has 4 N–H and O–H groups in total. The maximum absolute atomic E-state index is 6.96. The van der Waals surface area contributed by atoms with Gasteiger partial charge in [-0.25, -0.2) is 0 Å². The first-order chi connectivity index (χ1) is 3.66. The standard InChI is InChI=1S/C4H9N3S/c1-3(6)8-4(7)2-5/h6-7H,2,5H2,1H3. The molecular weight excluding hydrogens is 122 g/mol. The van der Waals surface area contributed by atoms with E-state index in [-0.39, 0.29) is 6.54 Å². The van der Waals surface area contributed by atoms with Gasteiger partial charge in [-0.05, 0) is 6.92 Å². The second-order valence-corrected chi connectivity index (χ2v) is 2.59. The van der Waals surface area contributed by atoms with Crippen molar-refractivity contribution in [1.82, 2.24) is 0 Å². The van der Waals surface area contributed by atoms with Crippen LogP contribution in [0.15, 0.2) is 0 Å². The van der Waals surface area contributed by atoms with Crippen molar-refractivity contribution in [2.24, 2.45) is 5.73 Å². The third-order valence-electron chi connectivity index (χ3n) is 0.462. The number of rotatable bonds is 1. The minimum atomic E-state index is 0.237. The van der Waals surface area contributed by atoms with E-state index >= 15 is 0 Å².